The summed E-state index contributed by atoms with van der Waals surface area (Å²) in [5.41, 5.74) is 0. The molecule has 0 radical (unpaired) electrons. The van der Waals surface area contributed by atoms with Gasteiger partial charge in [-0.05, 0) is 31.6 Å². The SMILES string of the molecule is CCCCCCCCCCCCCCCCC(=O)OC[C@H](COP(=O)(O)OC[C@@H](O)COP(=O)(O)OC[C@@H](COC(=O)CCCCCCCCC)OC(=O)CCCCCCCCCC)OC(=O)CCCCCCCCCCCCCCCCCCCCC(C)CC. The molecule has 3 unspecified atom stereocenters. The molecule has 91 heavy (non-hydrogen) atoms. The second-order valence-electron chi connectivity index (χ2n) is 26.2. The average Bonchev–Trinajstić information content (AvgIpc) is 3.74. The highest BCUT2D eigenvalue weighted by molar-refractivity contribution is 7.47. The Morgan fingerprint density at radius 2 is 0.527 bits per heavy atom. The molecule has 540 valence electrons. The molecule has 0 aromatic rings. The molecule has 0 aliphatic carbocycles. The van der Waals surface area contributed by atoms with E-state index in [4.69, 9.17) is 37.0 Å². The van der Waals surface area contributed by atoms with Crippen LogP contribution in [0.15, 0.2) is 0 Å². The van der Waals surface area contributed by atoms with Crippen LogP contribution in [0.1, 0.15) is 375 Å². The normalized spacial score (nSPS) is 14.3. The summed E-state index contributed by atoms with van der Waals surface area (Å²) in [4.78, 5) is 72.3. The molecule has 0 saturated carbocycles. The van der Waals surface area contributed by atoms with Gasteiger partial charge in [-0.1, -0.05) is 324 Å². The fraction of sp³-hybridized carbons (Fsp3) is 0.944. The number of hydrogen-bond acceptors (Lipinski definition) is 15. The molecule has 0 spiro atoms. The third-order valence-electron chi connectivity index (χ3n) is 17.1. The predicted molar refractivity (Wildman–Crippen MR) is 368 cm³/mol. The summed E-state index contributed by atoms with van der Waals surface area (Å²) in [6.07, 6.45) is 53.0. The van der Waals surface area contributed by atoms with E-state index < -0.39 is 97.5 Å². The number of phosphoric acid groups is 2. The maximum Gasteiger partial charge on any atom is 0.472 e. The number of carbonyl (C=O) groups is 4. The maximum absolute atomic E-state index is 13.1. The Kier molecular flexibility index (Phi) is 64.0. The number of rotatable bonds is 72. The van der Waals surface area contributed by atoms with Gasteiger partial charge < -0.3 is 33.8 Å². The Labute approximate surface area is 556 Å². The highest BCUT2D eigenvalue weighted by Crippen LogP contribution is 2.45. The maximum atomic E-state index is 13.1. The van der Waals surface area contributed by atoms with Gasteiger partial charge in [-0.15, -0.1) is 0 Å². The van der Waals surface area contributed by atoms with Crippen LogP contribution in [-0.4, -0.2) is 96.7 Å². The van der Waals surface area contributed by atoms with Crippen LogP contribution in [0, 0.1) is 5.92 Å². The number of aliphatic hydroxyl groups excluding tert-OH is 1. The van der Waals surface area contributed by atoms with Crippen molar-refractivity contribution in [1.29, 1.82) is 0 Å². The molecule has 6 atom stereocenters. The molecule has 0 heterocycles. The summed E-state index contributed by atoms with van der Waals surface area (Å²) in [6, 6.07) is 0. The zero-order valence-corrected chi connectivity index (χ0v) is 60.8. The summed E-state index contributed by atoms with van der Waals surface area (Å²) in [5.74, 6) is -1.26. The Morgan fingerprint density at radius 3 is 0.780 bits per heavy atom. The third-order valence-corrected chi connectivity index (χ3v) is 19.0. The van der Waals surface area contributed by atoms with Crippen LogP contribution in [0.5, 0.6) is 0 Å². The van der Waals surface area contributed by atoms with Crippen LogP contribution in [0.2, 0.25) is 0 Å². The Hall–Kier alpha value is -1.94. The lowest BCUT2D eigenvalue weighted by Gasteiger charge is -2.21. The molecule has 0 aromatic carbocycles. The minimum Gasteiger partial charge on any atom is -0.462 e. The summed E-state index contributed by atoms with van der Waals surface area (Å²) >= 11 is 0. The van der Waals surface area contributed by atoms with Gasteiger partial charge in [0.05, 0.1) is 26.4 Å². The van der Waals surface area contributed by atoms with E-state index >= 15 is 0 Å². The van der Waals surface area contributed by atoms with Crippen LogP contribution in [0.4, 0.5) is 0 Å². The van der Waals surface area contributed by atoms with Crippen molar-refractivity contribution < 1.29 is 80.2 Å². The fourth-order valence-electron chi connectivity index (χ4n) is 11.0. The van der Waals surface area contributed by atoms with E-state index in [2.05, 4.69) is 34.6 Å². The standard InChI is InChI=1S/C72H140O17P2/c1-6-10-13-16-19-21-22-23-31-34-37-42-46-51-56-70(75)83-62-68(89-72(77)58-53-48-43-38-35-32-29-27-25-24-26-28-30-33-36-40-44-49-54-65(5)9-4)64-87-91(80,81)85-60-66(73)59-84-90(78,79)86-63-67(61-82-69(74)55-50-45-39-18-15-12-8-3)88-71(76)57-52-47-41-20-17-14-11-7-2/h65-68,73H,6-64H2,1-5H3,(H,78,79)(H,80,81)/t65?,66-,67+,68+/m0/s1. The second kappa shape index (κ2) is 65.4. The minimum atomic E-state index is -4.95. The van der Waals surface area contributed by atoms with Crippen LogP contribution in [0.25, 0.3) is 0 Å². The van der Waals surface area contributed by atoms with Gasteiger partial charge in [0.2, 0.25) is 0 Å². The first kappa shape index (κ1) is 89.1. The molecule has 0 aliphatic heterocycles. The number of ether oxygens (including phenoxy) is 4. The van der Waals surface area contributed by atoms with E-state index in [0.717, 1.165) is 115 Å². The van der Waals surface area contributed by atoms with Gasteiger partial charge in [0.15, 0.2) is 12.2 Å². The third kappa shape index (κ3) is 65.1. The van der Waals surface area contributed by atoms with E-state index in [-0.39, 0.29) is 25.7 Å². The lowest BCUT2D eigenvalue weighted by atomic mass is 9.99. The second-order valence-corrected chi connectivity index (χ2v) is 29.1. The molecule has 0 aliphatic rings. The van der Waals surface area contributed by atoms with E-state index in [9.17, 15) is 43.2 Å². The lowest BCUT2D eigenvalue weighted by molar-refractivity contribution is -0.161. The first-order chi connectivity index (χ1) is 44.1. The van der Waals surface area contributed by atoms with Crippen molar-refractivity contribution in [2.75, 3.05) is 39.6 Å². The molecular weight excluding hydrogens is 1200 g/mol. The highest BCUT2D eigenvalue weighted by Gasteiger charge is 2.30. The summed E-state index contributed by atoms with van der Waals surface area (Å²) in [5, 5.41) is 10.6. The van der Waals surface area contributed by atoms with Crippen molar-refractivity contribution in [3.8, 4) is 0 Å². The predicted octanol–water partition coefficient (Wildman–Crippen LogP) is 20.9. The van der Waals surface area contributed by atoms with E-state index in [0.29, 0.717) is 25.7 Å². The fourth-order valence-corrected chi connectivity index (χ4v) is 12.5. The van der Waals surface area contributed by atoms with Gasteiger partial charge in [-0.2, -0.15) is 0 Å². The van der Waals surface area contributed by atoms with Crippen molar-refractivity contribution in [2.24, 2.45) is 5.92 Å². The number of esters is 4. The van der Waals surface area contributed by atoms with Crippen molar-refractivity contribution in [3.63, 3.8) is 0 Å². The van der Waals surface area contributed by atoms with Crippen LogP contribution < -0.4 is 0 Å². The molecule has 0 fully saturated rings. The van der Waals surface area contributed by atoms with E-state index in [1.165, 1.54) is 180 Å². The topological polar surface area (TPSA) is 237 Å². The Balaban J connectivity index is 5.11. The molecular formula is C72H140O17P2. The smallest absolute Gasteiger partial charge is 0.462 e. The van der Waals surface area contributed by atoms with Gasteiger partial charge in [-0.3, -0.25) is 37.3 Å². The molecule has 17 nitrogen and oxygen atoms in total. The van der Waals surface area contributed by atoms with Crippen molar-refractivity contribution >= 4 is 39.5 Å². The molecule has 19 heteroatoms. The number of unbranched alkanes of at least 4 members (excludes halogenated alkanes) is 43. The average molecular weight is 1340 g/mol. The van der Waals surface area contributed by atoms with Crippen LogP contribution >= 0.6 is 15.6 Å². The van der Waals surface area contributed by atoms with Crippen LogP contribution in [-0.2, 0) is 65.4 Å². The molecule has 0 rings (SSSR count). The quantitative estimate of drug-likeness (QED) is 0.0222. The number of hydrogen-bond donors (Lipinski definition) is 3. The minimum absolute atomic E-state index is 0.105. The van der Waals surface area contributed by atoms with E-state index in [1.54, 1.807) is 0 Å². The van der Waals surface area contributed by atoms with Gasteiger partial charge in [0, 0.05) is 25.7 Å². The van der Waals surface area contributed by atoms with E-state index in [1.807, 2.05) is 0 Å². The highest BCUT2D eigenvalue weighted by atomic mass is 31.2. The van der Waals surface area contributed by atoms with Crippen molar-refractivity contribution in [2.45, 2.75) is 393 Å². The van der Waals surface area contributed by atoms with Crippen molar-refractivity contribution in [1.82, 2.24) is 0 Å². The van der Waals surface area contributed by atoms with Gasteiger partial charge >= 0.3 is 39.5 Å². The summed E-state index contributed by atoms with van der Waals surface area (Å²) < 4.78 is 68.1. The largest absolute Gasteiger partial charge is 0.472 e. The molecule has 0 amide bonds. The molecule has 0 bridgehead atoms. The monoisotopic (exact) mass is 1340 g/mol. The van der Waals surface area contributed by atoms with Crippen LogP contribution in [0.3, 0.4) is 0 Å². The Bertz CT molecular complexity index is 1760. The zero-order chi connectivity index (χ0) is 67.0. The zero-order valence-electron chi connectivity index (χ0n) is 59.0. The van der Waals surface area contributed by atoms with Crippen molar-refractivity contribution in [3.05, 3.63) is 0 Å². The van der Waals surface area contributed by atoms with Gasteiger partial charge in [0.1, 0.15) is 19.3 Å². The summed E-state index contributed by atoms with van der Waals surface area (Å²) in [7, 11) is -9.89. The van der Waals surface area contributed by atoms with Gasteiger partial charge in [-0.25, -0.2) is 9.13 Å². The number of carbonyl (C=O) groups excluding carboxylic acids is 4. The number of aliphatic hydroxyl groups is 1. The molecule has 0 aromatic heterocycles. The first-order valence-electron chi connectivity index (χ1n) is 37.7. The lowest BCUT2D eigenvalue weighted by Crippen LogP contribution is -2.30. The first-order valence-corrected chi connectivity index (χ1v) is 40.7. The molecule has 0 saturated heterocycles. The van der Waals surface area contributed by atoms with Gasteiger partial charge in [0.25, 0.3) is 0 Å². The Morgan fingerprint density at radius 1 is 0.308 bits per heavy atom. The number of phosphoric ester groups is 2. The molecule has 3 N–H and O–H groups in total. The summed E-state index contributed by atoms with van der Waals surface area (Å²) in [6.45, 7) is 7.26.